The van der Waals surface area contributed by atoms with Crippen LogP contribution in [0.4, 0.5) is 19.0 Å². The number of alkyl halides is 3. The van der Waals surface area contributed by atoms with Crippen LogP contribution in [0.25, 0.3) is 10.2 Å². The van der Waals surface area contributed by atoms with Gasteiger partial charge in [0.1, 0.15) is 16.5 Å². The summed E-state index contributed by atoms with van der Waals surface area (Å²) in [7, 11) is 0. The highest BCUT2D eigenvalue weighted by molar-refractivity contribution is 7.19. The number of amides is 1. The average Bonchev–Trinajstić information content (AvgIpc) is 3.20. The van der Waals surface area contributed by atoms with E-state index >= 15 is 0 Å². The number of anilines is 1. The molecule has 5 rings (SSSR count). The summed E-state index contributed by atoms with van der Waals surface area (Å²) in [6.45, 7) is 6.68. The van der Waals surface area contributed by atoms with Crippen LogP contribution in [0.2, 0.25) is 0 Å². The second-order valence-corrected chi connectivity index (χ2v) is 10.7. The molecule has 0 unspecified atom stereocenters. The number of aryl methyl sites for hydroxylation is 2. The fourth-order valence-electron chi connectivity index (χ4n) is 5.04. The predicted molar refractivity (Wildman–Crippen MR) is 132 cm³/mol. The lowest BCUT2D eigenvalue weighted by atomic mass is 9.89. The molecule has 2 aromatic heterocycles. The monoisotopic (exact) mass is 502 g/mol. The highest BCUT2D eigenvalue weighted by Crippen LogP contribution is 2.41. The van der Waals surface area contributed by atoms with Gasteiger partial charge in [0.15, 0.2) is 0 Å². The summed E-state index contributed by atoms with van der Waals surface area (Å²) in [4.78, 5) is 29.3. The average molecular weight is 503 g/mol. The van der Waals surface area contributed by atoms with Crippen molar-refractivity contribution in [3.05, 3.63) is 51.7 Å². The van der Waals surface area contributed by atoms with E-state index in [-0.39, 0.29) is 11.5 Å². The van der Waals surface area contributed by atoms with E-state index in [1.807, 2.05) is 0 Å². The van der Waals surface area contributed by atoms with Crippen LogP contribution < -0.4 is 4.90 Å². The summed E-state index contributed by atoms with van der Waals surface area (Å²) in [6.07, 6.45) is 0.702. The Hall–Kier alpha value is -2.68. The second kappa shape index (κ2) is 9.41. The Morgan fingerprint density at radius 3 is 2.49 bits per heavy atom. The Morgan fingerprint density at radius 2 is 1.83 bits per heavy atom. The summed E-state index contributed by atoms with van der Waals surface area (Å²) in [5.41, 5.74) is 0.926. The topological polar surface area (TPSA) is 49.3 Å². The van der Waals surface area contributed by atoms with E-state index in [4.69, 9.17) is 9.97 Å². The van der Waals surface area contributed by atoms with E-state index in [2.05, 4.69) is 18.7 Å². The number of hydrogen-bond acceptors (Lipinski definition) is 5. The van der Waals surface area contributed by atoms with E-state index in [1.165, 1.54) is 34.4 Å². The van der Waals surface area contributed by atoms with Gasteiger partial charge in [-0.1, -0.05) is 13.8 Å². The largest absolute Gasteiger partial charge is 0.416 e. The lowest BCUT2D eigenvalue weighted by Crippen LogP contribution is -2.49. The van der Waals surface area contributed by atoms with Crippen molar-refractivity contribution >= 4 is 33.3 Å². The SMILES string of the molecule is CCCc1nc(N2CCN(C(=O)c3ccc(C(F)(F)F)cc3)CC2)c2c3c(sc2n1)C[C@H](C)CC3. The maximum Gasteiger partial charge on any atom is 0.416 e. The minimum absolute atomic E-state index is 0.236. The first kappa shape index (κ1) is 24.0. The summed E-state index contributed by atoms with van der Waals surface area (Å²) >= 11 is 1.80. The molecule has 0 radical (unpaired) electrons. The second-order valence-electron chi connectivity index (χ2n) is 9.60. The van der Waals surface area contributed by atoms with Crippen molar-refractivity contribution in [1.29, 1.82) is 0 Å². The molecule has 3 heterocycles. The highest BCUT2D eigenvalue weighted by Gasteiger charge is 2.31. The first-order chi connectivity index (χ1) is 16.7. The standard InChI is InChI=1S/C26H29F3N4OS/c1-3-4-21-30-23(22-19-10-5-16(2)15-20(19)35-24(22)31-21)32-11-13-33(14-12-32)25(34)17-6-8-18(9-7-17)26(27,28)29/h6-9,16H,3-5,10-15H2,1-2H3/t16-/m1/s1. The first-order valence-corrected chi connectivity index (χ1v) is 13.1. The van der Waals surface area contributed by atoms with Crippen LogP contribution >= 0.6 is 11.3 Å². The van der Waals surface area contributed by atoms with Gasteiger partial charge in [-0.2, -0.15) is 13.2 Å². The molecule has 9 heteroatoms. The molecule has 1 aliphatic heterocycles. The normalized spacial score (nSPS) is 18.7. The zero-order chi connectivity index (χ0) is 24.7. The molecular weight excluding hydrogens is 473 g/mol. The number of carbonyl (C=O) groups is 1. The van der Waals surface area contributed by atoms with Crippen LogP contribution in [-0.2, 0) is 25.4 Å². The van der Waals surface area contributed by atoms with Crippen molar-refractivity contribution in [2.24, 2.45) is 5.92 Å². The Labute approximate surface area is 207 Å². The molecule has 0 N–H and O–H groups in total. The van der Waals surface area contributed by atoms with Crippen molar-refractivity contribution < 1.29 is 18.0 Å². The first-order valence-electron chi connectivity index (χ1n) is 12.3. The van der Waals surface area contributed by atoms with E-state index in [0.29, 0.717) is 32.1 Å². The predicted octanol–water partition coefficient (Wildman–Crippen LogP) is 5.75. The number of hydrogen-bond donors (Lipinski definition) is 0. The van der Waals surface area contributed by atoms with Gasteiger partial charge in [-0.3, -0.25) is 4.79 Å². The Kier molecular flexibility index (Phi) is 6.46. The number of piperazine rings is 1. The summed E-state index contributed by atoms with van der Waals surface area (Å²) in [5, 5.41) is 1.18. The van der Waals surface area contributed by atoms with E-state index in [9.17, 15) is 18.0 Å². The number of carbonyl (C=O) groups excluding carboxylic acids is 1. The quantitative estimate of drug-likeness (QED) is 0.456. The number of benzene rings is 1. The van der Waals surface area contributed by atoms with Crippen molar-refractivity contribution in [3.8, 4) is 0 Å². The van der Waals surface area contributed by atoms with Gasteiger partial charge >= 0.3 is 6.18 Å². The van der Waals surface area contributed by atoms with Crippen LogP contribution in [-0.4, -0.2) is 47.0 Å². The number of thiophene rings is 1. The molecule has 0 spiro atoms. The highest BCUT2D eigenvalue weighted by atomic mass is 32.1. The molecule has 0 saturated carbocycles. The third-order valence-corrected chi connectivity index (χ3v) is 8.13. The third-order valence-electron chi connectivity index (χ3n) is 6.98. The minimum Gasteiger partial charge on any atom is -0.352 e. The fraction of sp³-hybridized carbons (Fsp3) is 0.500. The fourth-order valence-corrected chi connectivity index (χ4v) is 6.43. The van der Waals surface area contributed by atoms with Crippen LogP contribution in [0.15, 0.2) is 24.3 Å². The minimum atomic E-state index is -4.41. The molecule has 1 fully saturated rings. The Balaban J connectivity index is 1.37. The maximum absolute atomic E-state index is 12.9. The molecule has 35 heavy (non-hydrogen) atoms. The van der Waals surface area contributed by atoms with Gasteiger partial charge in [-0.25, -0.2) is 9.97 Å². The zero-order valence-electron chi connectivity index (χ0n) is 20.0. The van der Waals surface area contributed by atoms with Gasteiger partial charge in [0.2, 0.25) is 0 Å². The molecule has 0 bridgehead atoms. The molecule has 1 saturated heterocycles. The number of halogens is 3. The molecule has 186 valence electrons. The summed E-state index contributed by atoms with van der Waals surface area (Å²) < 4.78 is 38.6. The lowest BCUT2D eigenvalue weighted by molar-refractivity contribution is -0.137. The molecule has 5 nitrogen and oxygen atoms in total. The third kappa shape index (κ3) is 4.75. The summed E-state index contributed by atoms with van der Waals surface area (Å²) in [5.74, 6) is 2.29. The number of aromatic nitrogens is 2. The summed E-state index contributed by atoms with van der Waals surface area (Å²) in [6, 6.07) is 4.47. The maximum atomic E-state index is 12.9. The van der Waals surface area contributed by atoms with E-state index in [0.717, 1.165) is 54.3 Å². The van der Waals surface area contributed by atoms with E-state index < -0.39 is 11.7 Å². The molecule has 3 aromatic rings. The molecular formula is C26H29F3N4OS. The molecule has 1 aliphatic carbocycles. The molecule has 1 aromatic carbocycles. The van der Waals surface area contributed by atoms with Gasteiger partial charge in [0, 0.05) is 43.0 Å². The van der Waals surface area contributed by atoms with Crippen LogP contribution in [0.1, 0.15) is 58.9 Å². The molecule has 2 aliphatic rings. The van der Waals surface area contributed by atoms with E-state index in [1.54, 1.807) is 16.2 Å². The smallest absolute Gasteiger partial charge is 0.352 e. The van der Waals surface area contributed by atoms with Crippen molar-refractivity contribution in [2.75, 3.05) is 31.1 Å². The Morgan fingerprint density at radius 1 is 1.11 bits per heavy atom. The van der Waals surface area contributed by atoms with Crippen LogP contribution in [0.5, 0.6) is 0 Å². The van der Waals surface area contributed by atoms with Crippen molar-refractivity contribution in [3.63, 3.8) is 0 Å². The lowest BCUT2D eigenvalue weighted by Gasteiger charge is -2.36. The van der Waals surface area contributed by atoms with Gasteiger partial charge in [-0.05, 0) is 61.4 Å². The zero-order valence-corrected chi connectivity index (χ0v) is 20.8. The van der Waals surface area contributed by atoms with Gasteiger partial charge in [0.05, 0.1) is 10.9 Å². The van der Waals surface area contributed by atoms with Crippen LogP contribution in [0.3, 0.4) is 0 Å². The van der Waals surface area contributed by atoms with Crippen molar-refractivity contribution in [2.45, 2.75) is 52.1 Å². The number of fused-ring (bicyclic) bond motifs is 3. The molecule has 1 amide bonds. The number of rotatable bonds is 4. The molecule has 1 atom stereocenters. The van der Waals surface area contributed by atoms with Crippen LogP contribution in [0, 0.1) is 5.92 Å². The van der Waals surface area contributed by atoms with Crippen molar-refractivity contribution in [1.82, 2.24) is 14.9 Å². The van der Waals surface area contributed by atoms with Gasteiger partial charge in [-0.15, -0.1) is 11.3 Å². The Bertz CT molecular complexity index is 1230. The van der Waals surface area contributed by atoms with Gasteiger partial charge < -0.3 is 9.80 Å². The number of nitrogens with zero attached hydrogens (tertiary/aromatic N) is 4. The van der Waals surface area contributed by atoms with Gasteiger partial charge in [0.25, 0.3) is 5.91 Å².